The molecule has 7 nitrogen and oxygen atoms in total. The van der Waals surface area contributed by atoms with Gasteiger partial charge in [0, 0.05) is 4.88 Å². The molecule has 2 rings (SSSR count). The second-order valence-corrected chi connectivity index (χ2v) is 5.92. The molecule has 0 saturated heterocycles. The number of esters is 1. The van der Waals surface area contributed by atoms with Crippen LogP contribution in [0.2, 0.25) is 0 Å². The molecule has 0 radical (unpaired) electrons. The number of hydrogen-bond acceptors (Lipinski definition) is 6. The van der Waals surface area contributed by atoms with Crippen molar-refractivity contribution in [2.45, 2.75) is 20.4 Å². The molecule has 0 aliphatic carbocycles. The van der Waals surface area contributed by atoms with E-state index in [0.717, 1.165) is 4.88 Å². The Morgan fingerprint density at radius 1 is 1.26 bits per heavy atom. The minimum absolute atomic E-state index is 0.103. The number of hydrogen-bond donors (Lipinski definition) is 2. The fraction of sp³-hybridized carbons (Fsp3) is 0.267. The lowest BCUT2D eigenvalue weighted by Gasteiger charge is -2.06. The Balaban J connectivity index is 2.06. The smallest absolute Gasteiger partial charge is 0.341 e. The molecule has 0 bridgehead atoms. The number of ether oxygens (including phenoxy) is 1. The normalized spacial score (nSPS) is 10.2. The molecule has 0 atom stereocenters. The molecule has 2 aromatic heterocycles. The van der Waals surface area contributed by atoms with Gasteiger partial charge in [-0.2, -0.15) is 0 Å². The average molecular weight is 336 g/mol. The molecular weight excluding hydrogens is 320 g/mol. The fourth-order valence-corrected chi connectivity index (χ4v) is 2.93. The Kier molecular flexibility index (Phi) is 5.17. The Morgan fingerprint density at radius 2 is 2.00 bits per heavy atom. The number of thiophene rings is 1. The molecule has 122 valence electrons. The quantitative estimate of drug-likeness (QED) is 0.657. The van der Waals surface area contributed by atoms with Crippen LogP contribution < -0.4 is 10.6 Å². The Labute approximate surface area is 136 Å². The summed E-state index contributed by atoms with van der Waals surface area (Å²) >= 11 is 1.21. The lowest BCUT2D eigenvalue weighted by molar-refractivity contribution is -0.136. The van der Waals surface area contributed by atoms with Crippen LogP contribution >= 0.6 is 11.3 Å². The lowest BCUT2D eigenvalue weighted by Crippen LogP contribution is -2.35. The Bertz CT molecular complexity index is 733. The molecule has 8 heteroatoms. The van der Waals surface area contributed by atoms with Gasteiger partial charge in [-0.3, -0.25) is 9.59 Å². The van der Waals surface area contributed by atoms with Crippen molar-refractivity contribution in [1.82, 2.24) is 5.32 Å². The third-order valence-electron chi connectivity index (χ3n) is 3.21. The summed E-state index contributed by atoms with van der Waals surface area (Å²) in [7, 11) is 1.26. The summed E-state index contributed by atoms with van der Waals surface area (Å²) in [6.45, 7) is 3.68. The van der Waals surface area contributed by atoms with E-state index in [0.29, 0.717) is 16.3 Å². The minimum atomic E-state index is -0.858. The number of carbonyl (C=O) groups is 3. The van der Waals surface area contributed by atoms with Crippen molar-refractivity contribution in [2.24, 2.45) is 0 Å². The highest BCUT2D eigenvalue weighted by molar-refractivity contribution is 7.17. The standard InChI is InChI=1S/C15H16N2O5S/c1-8-9(2)23-14(11(8)15(20)21-3)17-13(19)12(18)16-7-10-5-4-6-22-10/h4-6H,7H2,1-3H3,(H,16,18)(H,17,19). The van der Waals surface area contributed by atoms with Crippen LogP contribution in [0.3, 0.4) is 0 Å². The highest BCUT2D eigenvalue weighted by Crippen LogP contribution is 2.32. The first-order chi connectivity index (χ1) is 10.9. The maximum atomic E-state index is 12.0. The number of nitrogens with one attached hydrogen (secondary N) is 2. The third-order valence-corrected chi connectivity index (χ3v) is 4.33. The summed E-state index contributed by atoms with van der Waals surface area (Å²) in [6, 6.07) is 3.36. The van der Waals surface area contributed by atoms with E-state index in [1.807, 2.05) is 6.92 Å². The van der Waals surface area contributed by atoms with Gasteiger partial charge in [-0.25, -0.2) is 4.79 Å². The van der Waals surface area contributed by atoms with Crippen LogP contribution in [0.1, 0.15) is 26.6 Å². The molecule has 0 aromatic carbocycles. The van der Waals surface area contributed by atoms with Crippen molar-refractivity contribution in [3.05, 3.63) is 40.2 Å². The predicted octanol–water partition coefficient (Wildman–Crippen LogP) is 2.00. The van der Waals surface area contributed by atoms with Crippen LogP contribution in [-0.2, 0) is 20.9 Å². The van der Waals surface area contributed by atoms with Gasteiger partial charge in [-0.1, -0.05) is 0 Å². The van der Waals surface area contributed by atoms with Gasteiger partial charge in [0.1, 0.15) is 10.8 Å². The summed E-state index contributed by atoms with van der Waals surface area (Å²) in [5.74, 6) is -1.70. The second-order valence-electron chi connectivity index (χ2n) is 4.70. The summed E-state index contributed by atoms with van der Waals surface area (Å²) in [5, 5.41) is 5.18. The number of methoxy groups -OCH3 is 1. The monoisotopic (exact) mass is 336 g/mol. The van der Waals surface area contributed by atoms with Crippen molar-refractivity contribution in [1.29, 1.82) is 0 Å². The van der Waals surface area contributed by atoms with Gasteiger partial charge in [-0.05, 0) is 31.5 Å². The van der Waals surface area contributed by atoms with Crippen LogP contribution in [0.4, 0.5) is 5.00 Å². The van der Waals surface area contributed by atoms with Gasteiger partial charge >= 0.3 is 17.8 Å². The number of aryl methyl sites for hydroxylation is 1. The van der Waals surface area contributed by atoms with Crippen LogP contribution in [0.5, 0.6) is 0 Å². The molecule has 2 amide bonds. The van der Waals surface area contributed by atoms with E-state index in [2.05, 4.69) is 10.6 Å². The highest BCUT2D eigenvalue weighted by atomic mass is 32.1. The van der Waals surface area contributed by atoms with E-state index >= 15 is 0 Å². The van der Waals surface area contributed by atoms with Crippen LogP contribution in [-0.4, -0.2) is 24.9 Å². The summed E-state index contributed by atoms with van der Waals surface area (Å²) in [4.78, 5) is 36.4. The van der Waals surface area contributed by atoms with Gasteiger partial charge in [-0.15, -0.1) is 11.3 Å². The highest BCUT2D eigenvalue weighted by Gasteiger charge is 2.23. The number of carbonyl (C=O) groups excluding carboxylic acids is 3. The number of rotatable bonds is 4. The fourth-order valence-electron chi connectivity index (χ4n) is 1.88. The number of anilines is 1. The van der Waals surface area contributed by atoms with Gasteiger partial charge in [0.15, 0.2) is 0 Å². The zero-order valence-electron chi connectivity index (χ0n) is 12.9. The maximum absolute atomic E-state index is 12.0. The van der Waals surface area contributed by atoms with Crippen molar-refractivity contribution >= 4 is 34.1 Å². The largest absolute Gasteiger partial charge is 0.467 e. The first kappa shape index (κ1) is 16.8. The van der Waals surface area contributed by atoms with E-state index in [-0.39, 0.29) is 12.1 Å². The number of amides is 2. The second kappa shape index (κ2) is 7.10. The molecule has 2 heterocycles. The molecular formula is C15H16N2O5S. The maximum Gasteiger partial charge on any atom is 0.341 e. The summed E-state index contributed by atoms with van der Waals surface area (Å²) in [6.07, 6.45) is 1.47. The predicted molar refractivity (Wildman–Crippen MR) is 84.3 cm³/mol. The first-order valence-electron chi connectivity index (χ1n) is 6.74. The van der Waals surface area contributed by atoms with Crippen molar-refractivity contribution in [3.63, 3.8) is 0 Å². The molecule has 0 saturated carbocycles. The van der Waals surface area contributed by atoms with Gasteiger partial charge in [0.2, 0.25) is 0 Å². The first-order valence-corrected chi connectivity index (χ1v) is 7.55. The minimum Gasteiger partial charge on any atom is -0.467 e. The average Bonchev–Trinajstić information content (AvgIpc) is 3.13. The number of furan rings is 1. The zero-order chi connectivity index (χ0) is 17.0. The van der Waals surface area contributed by atoms with Crippen LogP contribution in [0.25, 0.3) is 0 Å². The van der Waals surface area contributed by atoms with Crippen LogP contribution in [0, 0.1) is 13.8 Å². The van der Waals surface area contributed by atoms with Gasteiger partial charge < -0.3 is 19.8 Å². The SMILES string of the molecule is COC(=O)c1c(NC(=O)C(=O)NCc2ccco2)sc(C)c1C. The molecule has 23 heavy (non-hydrogen) atoms. The van der Waals surface area contributed by atoms with Crippen molar-refractivity contribution in [3.8, 4) is 0 Å². The van der Waals surface area contributed by atoms with E-state index in [4.69, 9.17) is 9.15 Å². The molecule has 0 aliphatic heterocycles. The molecule has 0 spiro atoms. The van der Waals surface area contributed by atoms with Crippen LogP contribution in [0.15, 0.2) is 22.8 Å². The van der Waals surface area contributed by atoms with Gasteiger partial charge in [0.25, 0.3) is 0 Å². The third kappa shape index (κ3) is 3.78. The lowest BCUT2D eigenvalue weighted by atomic mass is 10.1. The van der Waals surface area contributed by atoms with Crippen molar-refractivity contribution < 1.29 is 23.5 Å². The van der Waals surface area contributed by atoms with E-state index in [1.165, 1.54) is 24.7 Å². The molecule has 2 N–H and O–H groups in total. The zero-order valence-corrected chi connectivity index (χ0v) is 13.7. The molecule has 2 aromatic rings. The van der Waals surface area contributed by atoms with E-state index in [9.17, 15) is 14.4 Å². The van der Waals surface area contributed by atoms with E-state index < -0.39 is 17.8 Å². The molecule has 0 fully saturated rings. The summed E-state index contributed by atoms with van der Waals surface area (Å²) < 4.78 is 9.77. The summed E-state index contributed by atoms with van der Waals surface area (Å²) in [5.41, 5.74) is 0.982. The Morgan fingerprint density at radius 3 is 2.61 bits per heavy atom. The topological polar surface area (TPSA) is 97.6 Å². The van der Waals surface area contributed by atoms with E-state index in [1.54, 1.807) is 19.1 Å². The van der Waals surface area contributed by atoms with Crippen molar-refractivity contribution in [2.75, 3.05) is 12.4 Å². The molecule has 0 unspecified atom stereocenters. The Hall–Kier alpha value is -2.61. The van der Waals surface area contributed by atoms with Gasteiger partial charge in [0.05, 0.1) is 25.5 Å². The molecule has 0 aliphatic rings.